The van der Waals surface area contributed by atoms with Gasteiger partial charge in [0.2, 0.25) is 10.0 Å². The van der Waals surface area contributed by atoms with Crippen LogP contribution in [0.15, 0.2) is 53.4 Å². The van der Waals surface area contributed by atoms with E-state index in [0.717, 1.165) is 12.1 Å². The Morgan fingerprint density at radius 2 is 1.73 bits per heavy atom. The van der Waals surface area contributed by atoms with Gasteiger partial charge in [0, 0.05) is 5.56 Å². The number of hydrogen-bond donors (Lipinski definition) is 1. The fourth-order valence-electron chi connectivity index (χ4n) is 1.96. The fourth-order valence-corrected chi connectivity index (χ4v) is 3.18. The van der Waals surface area contributed by atoms with Crippen LogP contribution in [0.3, 0.4) is 0 Å². The van der Waals surface area contributed by atoms with Crippen LogP contribution >= 0.6 is 0 Å². The molecule has 26 heavy (non-hydrogen) atoms. The molecule has 0 aliphatic heterocycles. The van der Waals surface area contributed by atoms with E-state index in [4.69, 9.17) is 4.74 Å². The standard InChI is InChI=1S/C17H15F2NO5S/c1-11(20-26(23,24)13-5-3-2-4-6-13)17(22)25-10-16(21)12-7-8-14(18)15(19)9-12/h2-9,11,20H,10H2,1H3. The minimum absolute atomic E-state index is 0.0301. The first kappa shape index (κ1) is 19.7. The molecule has 0 heterocycles. The van der Waals surface area contributed by atoms with Crippen LogP contribution in [-0.2, 0) is 19.6 Å². The lowest BCUT2D eigenvalue weighted by Gasteiger charge is -2.13. The van der Waals surface area contributed by atoms with Crippen molar-refractivity contribution in [3.8, 4) is 0 Å². The van der Waals surface area contributed by atoms with Crippen LogP contribution in [0.5, 0.6) is 0 Å². The number of benzene rings is 2. The van der Waals surface area contributed by atoms with E-state index in [1.165, 1.54) is 31.2 Å². The molecule has 6 nitrogen and oxygen atoms in total. The van der Waals surface area contributed by atoms with Crippen LogP contribution in [0.4, 0.5) is 8.78 Å². The highest BCUT2D eigenvalue weighted by Gasteiger charge is 2.23. The molecule has 138 valence electrons. The molecule has 9 heteroatoms. The zero-order valence-electron chi connectivity index (χ0n) is 13.6. The van der Waals surface area contributed by atoms with Crippen molar-refractivity contribution in [3.63, 3.8) is 0 Å². The Kier molecular flexibility index (Phi) is 6.17. The van der Waals surface area contributed by atoms with Crippen molar-refractivity contribution >= 4 is 21.8 Å². The molecule has 2 aromatic carbocycles. The number of carbonyl (C=O) groups excluding carboxylic acids is 2. The maximum atomic E-state index is 13.1. The Morgan fingerprint density at radius 1 is 1.08 bits per heavy atom. The van der Waals surface area contributed by atoms with Gasteiger partial charge < -0.3 is 4.74 Å². The summed E-state index contributed by atoms with van der Waals surface area (Å²) < 4.78 is 57.0. The molecule has 1 N–H and O–H groups in total. The number of esters is 1. The van der Waals surface area contributed by atoms with E-state index in [9.17, 15) is 26.8 Å². The van der Waals surface area contributed by atoms with Gasteiger partial charge in [0.15, 0.2) is 24.0 Å². The van der Waals surface area contributed by atoms with Crippen molar-refractivity contribution in [3.05, 3.63) is 65.7 Å². The molecule has 0 radical (unpaired) electrons. The second kappa shape index (κ2) is 8.15. The largest absolute Gasteiger partial charge is 0.456 e. The summed E-state index contributed by atoms with van der Waals surface area (Å²) in [5.41, 5.74) is -0.172. The summed E-state index contributed by atoms with van der Waals surface area (Å²) in [5.74, 6) is -4.05. The number of Topliss-reactive ketones (excluding diaryl/α,β-unsaturated/α-hetero) is 1. The second-order valence-corrected chi connectivity index (χ2v) is 7.03. The third-order valence-corrected chi connectivity index (χ3v) is 4.88. The Labute approximate surface area is 148 Å². The lowest BCUT2D eigenvalue weighted by molar-refractivity contribution is -0.144. The van der Waals surface area contributed by atoms with E-state index in [1.54, 1.807) is 6.07 Å². The summed E-state index contributed by atoms with van der Waals surface area (Å²) in [6, 6.07) is 8.67. The van der Waals surface area contributed by atoms with Crippen molar-refractivity contribution < 1.29 is 31.5 Å². The highest BCUT2D eigenvalue weighted by molar-refractivity contribution is 7.89. The molecule has 0 amide bonds. The predicted octanol–water partition coefficient (Wildman–Crippen LogP) is 2.06. The summed E-state index contributed by atoms with van der Waals surface area (Å²) >= 11 is 0. The first-order valence-electron chi connectivity index (χ1n) is 7.43. The average Bonchev–Trinajstić information content (AvgIpc) is 2.62. The molecule has 2 rings (SSSR count). The van der Waals surface area contributed by atoms with Crippen LogP contribution in [0.2, 0.25) is 0 Å². The normalized spacial score (nSPS) is 12.4. The topological polar surface area (TPSA) is 89.5 Å². The van der Waals surface area contributed by atoms with Gasteiger partial charge in [-0.15, -0.1) is 0 Å². The highest BCUT2D eigenvalue weighted by Crippen LogP contribution is 2.10. The summed E-state index contributed by atoms with van der Waals surface area (Å²) in [6.45, 7) is 0.520. The van der Waals surface area contributed by atoms with Gasteiger partial charge in [-0.1, -0.05) is 18.2 Å². The number of ether oxygens (including phenoxy) is 1. The van der Waals surface area contributed by atoms with Crippen LogP contribution in [0, 0.1) is 11.6 Å². The molecule has 0 aromatic heterocycles. The van der Waals surface area contributed by atoms with Crippen molar-refractivity contribution in [2.24, 2.45) is 0 Å². The number of ketones is 1. The number of hydrogen-bond acceptors (Lipinski definition) is 5. The summed E-state index contributed by atoms with van der Waals surface area (Å²) in [7, 11) is -3.93. The molecule has 0 saturated carbocycles. The third kappa shape index (κ3) is 4.93. The number of halogens is 2. The van der Waals surface area contributed by atoms with Gasteiger partial charge in [0.05, 0.1) is 4.90 Å². The van der Waals surface area contributed by atoms with Crippen molar-refractivity contribution in [1.82, 2.24) is 4.72 Å². The first-order chi connectivity index (χ1) is 12.2. The lowest BCUT2D eigenvalue weighted by Crippen LogP contribution is -2.40. The minimum atomic E-state index is -3.93. The quantitative estimate of drug-likeness (QED) is 0.584. The summed E-state index contributed by atoms with van der Waals surface area (Å²) in [6.07, 6.45) is 0. The molecule has 1 atom stereocenters. The Morgan fingerprint density at radius 3 is 2.35 bits per heavy atom. The molecule has 0 aliphatic carbocycles. The molecule has 0 fully saturated rings. The van der Waals surface area contributed by atoms with Gasteiger partial charge in [-0.05, 0) is 37.3 Å². The molecular formula is C17H15F2NO5S. The second-order valence-electron chi connectivity index (χ2n) is 5.32. The smallest absolute Gasteiger partial charge is 0.324 e. The number of sulfonamides is 1. The van der Waals surface area contributed by atoms with E-state index in [2.05, 4.69) is 4.72 Å². The zero-order chi connectivity index (χ0) is 19.3. The molecule has 1 unspecified atom stereocenters. The maximum Gasteiger partial charge on any atom is 0.324 e. The molecule has 0 bridgehead atoms. The van der Waals surface area contributed by atoms with E-state index in [0.29, 0.717) is 6.07 Å². The number of carbonyl (C=O) groups is 2. The Hall–Kier alpha value is -2.65. The molecule has 0 aliphatic rings. The van der Waals surface area contributed by atoms with Gasteiger partial charge in [0.1, 0.15) is 6.04 Å². The first-order valence-corrected chi connectivity index (χ1v) is 8.91. The van der Waals surface area contributed by atoms with Crippen LogP contribution in [0.25, 0.3) is 0 Å². The van der Waals surface area contributed by atoms with Crippen molar-refractivity contribution in [1.29, 1.82) is 0 Å². The lowest BCUT2D eigenvalue weighted by atomic mass is 10.1. The van der Waals surface area contributed by atoms with Gasteiger partial charge in [-0.25, -0.2) is 17.2 Å². The molecule has 0 saturated heterocycles. The molecule has 2 aromatic rings. The predicted molar refractivity (Wildman–Crippen MR) is 87.9 cm³/mol. The van der Waals surface area contributed by atoms with E-state index in [-0.39, 0.29) is 10.5 Å². The monoisotopic (exact) mass is 383 g/mol. The van der Waals surface area contributed by atoms with Gasteiger partial charge in [-0.3, -0.25) is 9.59 Å². The SMILES string of the molecule is CC(NS(=O)(=O)c1ccccc1)C(=O)OCC(=O)c1ccc(F)c(F)c1. The van der Waals surface area contributed by atoms with Gasteiger partial charge >= 0.3 is 5.97 Å². The number of nitrogens with one attached hydrogen (secondary N) is 1. The molecule has 0 spiro atoms. The summed E-state index contributed by atoms with van der Waals surface area (Å²) in [5, 5.41) is 0. The minimum Gasteiger partial charge on any atom is -0.456 e. The maximum absolute atomic E-state index is 13.1. The zero-order valence-corrected chi connectivity index (χ0v) is 14.4. The van der Waals surface area contributed by atoms with Crippen LogP contribution in [-0.4, -0.2) is 32.8 Å². The Balaban J connectivity index is 1.94. The number of rotatable bonds is 7. The van der Waals surface area contributed by atoms with Crippen molar-refractivity contribution in [2.45, 2.75) is 17.9 Å². The highest BCUT2D eigenvalue weighted by atomic mass is 32.2. The van der Waals surface area contributed by atoms with Crippen LogP contribution < -0.4 is 4.72 Å². The van der Waals surface area contributed by atoms with E-state index in [1.807, 2.05) is 0 Å². The summed E-state index contributed by atoms with van der Waals surface area (Å²) in [4.78, 5) is 23.7. The van der Waals surface area contributed by atoms with E-state index < -0.39 is 46.1 Å². The third-order valence-electron chi connectivity index (χ3n) is 3.33. The Bertz CT molecular complexity index is 916. The van der Waals surface area contributed by atoms with Crippen molar-refractivity contribution in [2.75, 3.05) is 6.61 Å². The fraction of sp³-hybridized carbons (Fsp3) is 0.176. The average molecular weight is 383 g/mol. The van der Waals surface area contributed by atoms with Gasteiger partial charge in [-0.2, -0.15) is 4.72 Å². The van der Waals surface area contributed by atoms with E-state index >= 15 is 0 Å². The van der Waals surface area contributed by atoms with Gasteiger partial charge in [0.25, 0.3) is 0 Å². The van der Waals surface area contributed by atoms with Crippen LogP contribution in [0.1, 0.15) is 17.3 Å². The molecular weight excluding hydrogens is 368 g/mol.